The standard InChI is InChI=1S/C19H18ClN2OS.BrH/c1-23-17-9-7-16(8-10-17)22-13-18(14-3-5-15(20)6-4-14)21-11-2-12-24-19(21)22;/h3-10,13H,2,11-12H2,1H3;1H/q+1;/p-1. The topological polar surface area (TPSA) is 18.0 Å². The van der Waals surface area contributed by atoms with E-state index >= 15 is 0 Å². The normalized spacial score (nSPS) is 13.0. The number of methoxy groups -OCH3 is 1. The lowest BCUT2D eigenvalue weighted by Crippen LogP contribution is -3.00. The van der Waals surface area contributed by atoms with Crippen molar-refractivity contribution in [3.8, 4) is 22.7 Å². The van der Waals surface area contributed by atoms with Crippen LogP contribution < -0.4 is 26.3 Å². The van der Waals surface area contributed by atoms with Crippen LogP contribution in [0.25, 0.3) is 16.9 Å². The average Bonchev–Trinajstić information content (AvgIpc) is 3.02. The van der Waals surface area contributed by atoms with Crippen LogP contribution in [0.3, 0.4) is 0 Å². The van der Waals surface area contributed by atoms with Crippen molar-refractivity contribution in [2.75, 3.05) is 12.9 Å². The summed E-state index contributed by atoms with van der Waals surface area (Å²) >= 11 is 7.95. The molecule has 0 atom stereocenters. The molecule has 25 heavy (non-hydrogen) atoms. The van der Waals surface area contributed by atoms with Crippen molar-refractivity contribution in [2.45, 2.75) is 18.1 Å². The summed E-state index contributed by atoms with van der Waals surface area (Å²) in [5.41, 5.74) is 3.56. The van der Waals surface area contributed by atoms with E-state index in [1.54, 1.807) is 7.11 Å². The number of fused-ring (bicyclic) bond motifs is 1. The fourth-order valence-corrected chi connectivity index (χ4v) is 4.23. The Morgan fingerprint density at radius 3 is 2.48 bits per heavy atom. The zero-order chi connectivity index (χ0) is 16.5. The number of imidazole rings is 1. The Hall–Kier alpha value is -1.43. The van der Waals surface area contributed by atoms with Gasteiger partial charge in [0.25, 0.3) is 0 Å². The number of halogens is 2. The van der Waals surface area contributed by atoms with Crippen molar-refractivity contribution in [1.82, 2.24) is 4.57 Å². The Morgan fingerprint density at radius 1 is 1.08 bits per heavy atom. The minimum atomic E-state index is 0. The number of hydrogen-bond donors (Lipinski definition) is 0. The van der Waals surface area contributed by atoms with Gasteiger partial charge in [-0.15, -0.1) is 0 Å². The van der Waals surface area contributed by atoms with Gasteiger partial charge in [-0.3, -0.25) is 0 Å². The van der Waals surface area contributed by atoms with E-state index in [2.05, 4.69) is 39.6 Å². The van der Waals surface area contributed by atoms with Gasteiger partial charge in [-0.25, -0.2) is 4.57 Å². The van der Waals surface area contributed by atoms with Crippen molar-refractivity contribution in [3.63, 3.8) is 0 Å². The van der Waals surface area contributed by atoms with E-state index in [-0.39, 0.29) is 17.0 Å². The maximum Gasteiger partial charge on any atom is 0.323 e. The molecule has 0 saturated carbocycles. The van der Waals surface area contributed by atoms with E-state index in [4.69, 9.17) is 16.3 Å². The second kappa shape index (κ2) is 7.85. The van der Waals surface area contributed by atoms with Crippen LogP contribution in [0.4, 0.5) is 0 Å². The molecule has 0 radical (unpaired) electrons. The van der Waals surface area contributed by atoms with Gasteiger partial charge in [0.05, 0.1) is 13.7 Å². The van der Waals surface area contributed by atoms with Gasteiger partial charge in [0.2, 0.25) is 0 Å². The van der Waals surface area contributed by atoms with Crippen LogP contribution in [0.15, 0.2) is 59.9 Å². The van der Waals surface area contributed by atoms with E-state index in [1.807, 2.05) is 36.0 Å². The molecule has 0 bridgehead atoms. The highest BCUT2D eigenvalue weighted by molar-refractivity contribution is 7.99. The Kier molecular flexibility index (Phi) is 5.77. The lowest BCUT2D eigenvalue weighted by atomic mass is 10.1. The fourth-order valence-electron chi connectivity index (χ4n) is 3.01. The molecule has 1 aromatic heterocycles. The first kappa shape index (κ1) is 18.4. The molecule has 0 fully saturated rings. The van der Waals surface area contributed by atoms with Crippen molar-refractivity contribution >= 4 is 23.4 Å². The number of ether oxygens (including phenoxy) is 1. The first-order valence-corrected chi connectivity index (χ1v) is 9.31. The van der Waals surface area contributed by atoms with Crippen LogP contribution >= 0.6 is 23.4 Å². The molecule has 2 aromatic carbocycles. The molecule has 0 spiro atoms. The predicted molar refractivity (Wildman–Crippen MR) is 98.3 cm³/mol. The fraction of sp³-hybridized carbons (Fsp3) is 0.211. The van der Waals surface area contributed by atoms with Crippen molar-refractivity contribution in [2.24, 2.45) is 0 Å². The molecule has 0 saturated heterocycles. The molecule has 0 unspecified atom stereocenters. The van der Waals surface area contributed by atoms with E-state index in [0.29, 0.717) is 0 Å². The molecule has 1 aliphatic rings. The quantitative estimate of drug-likeness (QED) is 0.579. The number of nitrogens with zero attached hydrogens (tertiary/aromatic N) is 2. The van der Waals surface area contributed by atoms with Crippen LogP contribution in [0.2, 0.25) is 5.02 Å². The van der Waals surface area contributed by atoms with E-state index in [0.717, 1.165) is 28.8 Å². The van der Waals surface area contributed by atoms with Gasteiger partial charge in [-0.1, -0.05) is 11.6 Å². The molecule has 2 heterocycles. The summed E-state index contributed by atoms with van der Waals surface area (Å²) in [4.78, 5) is 0. The molecule has 0 N–H and O–H groups in total. The summed E-state index contributed by atoms with van der Waals surface area (Å²) < 4.78 is 9.95. The van der Waals surface area contributed by atoms with Crippen LogP contribution in [0, 0.1) is 0 Å². The molecule has 6 heteroatoms. The smallest absolute Gasteiger partial charge is 0.323 e. The van der Waals surface area contributed by atoms with Gasteiger partial charge in [0.15, 0.2) is 5.69 Å². The van der Waals surface area contributed by atoms with Gasteiger partial charge in [0, 0.05) is 16.3 Å². The minimum Gasteiger partial charge on any atom is -1.00 e. The first-order valence-electron chi connectivity index (χ1n) is 7.94. The number of hydrogen-bond acceptors (Lipinski definition) is 2. The van der Waals surface area contributed by atoms with E-state index in [9.17, 15) is 0 Å². The second-order valence-corrected chi connectivity index (χ2v) is 7.22. The van der Waals surface area contributed by atoms with Crippen molar-refractivity contribution < 1.29 is 26.3 Å². The summed E-state index contributed by atoms with van der Waals surface area (Å²) in [6.07, 6.45) is 3.41. The summed E-state index contributed by atoms with van der Waals surface area (Å²) in [5, 5.41) is 2.04. The van der Waals surface area contributed by atoms with Gasteiger partial charge in [-0.05, 0) is 66.7 Å². The zero-order valence-electron chi connectivity index (χ0n) is 13.8. The maximum absolute atomic E-state index is 6.04. The zero-order valence-corrected chi connectivity index (χ0v) is 16.9. The highest BCUT2D eigenvalue weighted by atomic mass is 79.9. The Labute approximate surface area is 167 Å². The Balaban J connectivity index is 0.00000182. The molecule has 0 amide bonds. The largest absolute Gasteiger partial charge is 1.00 e. The SMILES string of the molecule is COc1ccc(-n2cc(-c3ccc(Cl)cc3)[n+]3c2SCCC3)cc1.[Br-]. The van der Waals surface area contributed by atoms with Gasteiger partial charge in [0.1, 0.15) is 17.6 Å². The molecule has 1 aliphatic heterocycles. The molecule has 3 aromatic rings. The number of thioether (sulfide) groups is 1. The van der Waals surface area contributed by atoms with E-state index < -0.39 is 0 Å². The third-order valence-corrected chi connectivity index (χ3v) is 5.65. The molecule has 0 aliphatic carbocycles. The minimum absolute atomic E-state index is 0. The summed E-state index contributed by atoms with van der Waals surface area (Å²) in [7, 11) is 1.69. The molecular weight excluding hydrogens is 420 g/mol. The molecule has 130 valence electrons. The van der Waals surface area contributed by atoms with Crippen LogP contribution in [0.1, 0.15) is 6.42 Å². The summed E-state index contributed by atoms with van der Waals surface area (Å²) in [6.45, 7) is 1.05. The second-order valence-electron chi connectivity index (χ2n) is 5.73. The third-order valence-electron chi connectivity index (χ3n) is 4.23. The Morgan fingerprint density at radius 2 is 1.80 bits per heavy atom. The monoisotopic (exact) mass is 436 g/mol. The average molecular weight is 438 g/mol. The number of benzene rings is 2. The lowest BCUT2D eigenvalue weighted by Gasteiger charge is -2.10. The number of aromatic nitrogens is 2. The van der Waals surface area contributed by atoms with Crippen molar-refractivity contribution in [1.29, 1.82) is 0 Å². The van der Waals surface area contributed by atoms with Crippen LogP contribution in [-0.4, -0.2) is 17.4 Å². The highest BCUT2D eigenvalue weighted by Crippen LogP contribution is 2.30. The lowest BCUT2D eigenvalue weighted by molar-refractivity contribution is -0.724. The van der Waals surface area contributed by atoms with Crippen molar-refractivity contribution in [3.05, 3.63) is 59.8 Å². The summed E-state index contributed by atoms with van der Waals surface area (Å²) in [6, 6.07) is 16.3. The van der Waals surface area contributed by atoms with Gasteiger partial charge in [-0.2, -0.15) is 4.57 Å². The molecule has 3 nitrogen and oxygen atoms in total. The highest BCUT2D eigenvalue weighted by Gasteiger charge is 2.28. The first-order chi connectivity index (χ1) is 11.8. The Bertz CT molecular complexity index is 862. The maximum atomic E-state index is 6.04. The van der Waals surface area contributed by atoms with Crippen LogP contribution in [-0.2, 0) is 6.54 Å². The van der Waals surface area contributed by atoms with E-state index in [1.165, 1.54) is 22.8 Å². The molecular formula is C19H18BrClN2OS. The van der Waals surface area contributed by atoms with Gasteiger partial charge < -0.3 is 21.7 Å². The number of rotatable bonds is 3. The third kappa shape index (κ3) is 3.59. The van der Waals surface area contributed by atoms with Crippen LogP contribution in [0.5, 0.6) is 5.75 Å². The molecule has 4 rings (SSSR count). The summed E-state index contributed by atoms with van der Waals surface area (Å²) in [5.74, 6) is 2.03. The predicted octanol–water partition coefficient (Wildman–Crippen LogP) is 1.59. The van der Waals surface area contributed by atoms with Gasteiger partial charge >= 0.3 is 5.16 Å².